The molecular weight excluding hydrogens is 182 g/mol. The number of carbonyl (C=O) groups is 1. The molecular formula is CH3AgNO3-2. The summed E-state index contributed by atoms with van der Waals surface area (Å²) in [5, 5.41) is 16.7. The fourth-order valence-electron chi connectivity index (χ4n) is 0. The topological polar surface area (TPSA) is 98.2 Å². The molecule has 0 amide bonds. The maximum absolute atomic E-state index is 8.33. The molecule has 5 heteroatoms. The van der Waals surface area contributed by atoms with E-state index in [1.165, 1.54) is 0 Å². The zero-order valence-electron chi connectivity index (χ0n) is 2.73. The van der Waals surface area contributed by atoms with Crippen molar-refractivity contribution in [2.24, 2.45) is 0 Å². The smallest absolute Gasteiger partial charge is 0 e. The van der Waals surface area contributed by atoms with E-state index in [4.69, 9.17) is 15.0 Å². The minimum absolute atomic E-state index is 0. The molecule has 0 unspecified atom stereocenters. The van der Waals surface area contributed by atoms with Crippen molar-refractivity contribution in [2.75, 3.05) is 0 Å². The number of carboxylic acid groups (broad SMARTS) is 2. The third-order valence-corrected chi connectivity index (χ3v) is 0. The average Bonchev–Trinajstić information content (AvgIpc) is 0.811. The van der Waals surface area contributed by atoms with Gasteiger partial charge in [-0.05, 0) is 6.16 Å². The molecule has 43 valence electrons. The molecule has 0 atom stereocenters. The normalized spacial score (nSPS) is 4.00. The first-order valence-corrected chi connectivity index (χ1v) is 0.612. The quantitative estimate of drug-likeness (QED) is 0.429. The summed E-state index contributed by atoms with van der Waals surface area (Å²) in [6.07, 6.45) is -2.33. The third-order valence-electron chi connectivity index (χ3n) is 0. The van der Waals surface area contributed by atoms with E-state index in [1.807, 2.05) is 0 Å². The minimum atomic E-state index is -2.33. The van der Waals surface area contributed by atoms with Gasteiger partial charge in [0.05, 0.1) is 0 Å². The van der Waals surface area contributed by atoms with E-state index in [9.17, 15) is 0 Å². The summed E-state index contributed by atoms with van der Waals surface area (Å²) < 4.78 is 0. The van der Waals surface area contributed by atoms with Crippen LogP contribution in [0.4, 0.5) is 4.79 Å². The molecule has 6 heavy (non-hydrogen) atoms. The summed E-state index contributed by atoms with van der Waals surface area (Å²) in [6.45, 7) is 0. The molecule has 0 aromatic rings. The summed E-state index contributed by atoms with van der Waals surface area (Å²) >= 11 is 0. The summed E-state index contributed by atoms with van der Waals surface area (Å²) in [5.74, 6) is 0. The van der Waals surface area contributed by atoms with E-state index in [0.29, 0.717) is 0 Å². The number of hydrogen-bond donors (Lipinski definition) is 1. The largest absolute Gasteiger partial charge is 0.652 e. The summed E-state index contributed by atoms with van der Waals surface area (Å²) in [5.41, 5.74) is 0. The van der Waals surface area contributed by atoms with Gasteiger partial charge in [-0.1, -0.05) is 0 Å². The van der Waals surface area contributed by atoms with E-state index in [2.05, 4.69) is 0 Å². The summed E-state index contributed by atoms with van der Waals surface area (Å²) in [6, 6.07) is 0. The van der Waals surface area contributed by atoms with Gasteiger partial charge in [-0.3, -0.25) is 0 Å². The van der Waals surface area contributed by atoms with Crippen LogP contribution in [0.2, 0.25) is 0 Å². The molecule has 0 bridgehead atoms. The first-order chi connectivity index (χ1) is 1.73. The van der Waals surface area contributed by atoms with Crippen LogP contribution in [0.5, 0.6) is 0 Å². The predicted octanol–water partition coefficient (Wildman–Crippen LogP) is -2.29. The van der Waals surface area contributed by atoms with Crippen LogP contribution in [0.3, 0.4) is 0 Å². The van der Waals surface area contributed by atoms with Crippen LogP contribution >= 0.6 is 0 Å². The number of carbonyl (C=O) groups excluding carboxylic acids is 1. The van der Waals surface area contributed by atoms with Crippen LogP contribution in [0.15, 0.2) is 0 Å². The van der Waals surface area contributed by atoms with Gasteiger partial charge in [0.15, 0.2) is 0 Å². The molecule has 0 rings (SSSR count). The van der Waals surface area contributed by atoms with E-state index in [0.717, 1.165) is 0 Å². The zero-order valence-corrected chi connectivity index (χ0v) is 4.22. The van der Waals surface area contributed by atoms with Crippen LogP contribution < -0.4 is 16.4 Å². The van der Waals surface area contributed by atoms with Crippen molar-refractivity contribution in [1.82, 2.24) is 6.15 Å². The Bertz CT molecular complexity index is 33.8. The Kier molecular flexibility index (Phi) is 24.7. The predicted molar refractivity (Wildman–Crippen MR) is 10.4 cm³/mol. The van der Waals surface area contributed by atoms with Crippen LogP contribution in [-0.4, -0.2) is 6.16 Å². The molecule has 0 saturated heterocycles. The monoisotopic (exact) mass is 184 g/mol. The van der Waals surface area contributed by atoms with Crippen molar-refractivity contribution in [3.63, 3.8) is 0 Å². The first kappa shape index (κ1) is 16.7. The van der Waals surface area contributed by atoms with Crippen LogP contribution in [0.25, 0.3) is 0 Å². The van der Waals surface area contributed by atoms with Gasteiger partial charge >= 0.3 is 0 Å². The summed E-state index contributed by atoms with van der Waals surface area (Å²) in [7, 11) is 0. The molecule has 0 aliphatic carbocycles. The van der Waals surface area contributed by atoms with E-state index in [-0.39, 0.29) is 28.5 Å². The van der Waals surface area contributed by atoms with Crippen molar-refractivity contribution >= 4 is 6.16 Å². The fourth-order valence-corrected chi connectivity index (χ4v) is 0. The molecule has 3 N–H and O–H groups in total. The van der Waals surface area contributed by atoms with Gasteiger partial charge in [0.1, 0.15) is 0 Å². The van der Waals surface area contributed by atoms with E-state index >= 15 is 0 Å². The minimum Gasteiger partial charge on any atom is -0.652 e. The van der Waals surface area contributed by atoms with Crippen molar-refractivity contribution in [1.29, 1.82) is 0 Å². The number of rotatable bonds is 0. The molecule has 0 saturated carbocycles. The fraction of sp³-hybridized carbons (Fsp3) is 0. The molecule has 1 radical (unpaired) electrons. The number of hydrogen-bond acceptors (Lipinski definition) is 4. The van der Waals surface area contributed by atoms with E-state index in [1.54, 1.807) is 0 Å². The Morgan fingerprint density at radius 3 is 1.33 bits per heavy atom. The Labute approximate surface area is 50.3 Å². The van der Waals surface area contributed by atoms with Crippen molar-refractivity contribution < 1.29 is 37.4 Å². The maximum atomic E-state index is 8.33. The molecule has 4 nitrogen and oxygen atoms in total. The molecule has 0 fully saturated rings. The second kappa shape index (κ2) is 8.88. The first-order valence-electron chi connectivity index (χ1n) is 0.612. The Morgan fingerprint density at radius 2 is 1.33 bits per heavy atom. The molecule has 0 spiro atoms. The standard InChI is InChI=1S/CH2O3.Ag.H3N/c2-1(3)4;;/h(H2,2,3,4);;1H3/p-2. The average molecular weight is 185 g/mol. The molecule has 0 aromatic heterocycles. The SMILES string of the molecule is N.O=C([O-])[O-].[Ag]. The Morgan fingerprint density at radius 1 is 1.33 bits per heavy atom. The van der Waals surface area contributed by atoms with Gasteiger partial charge in [-0.2, -0.15) is 0 Å². The van der Waals surface area contributed by atoms with E-state index < -0.39 is 6.16 Å². The van der Waals surface area contributed by atoms with Gasteiger partial charge in [-0.15, -0.1) is 0 Å². The molecule has 0 aliphatic heterocycles. The zero-order chi connectivity index (χ0) is 3.58. The Balaban J connectivity index is -0.0000000450. The second-order valence-corrected chi connectivity index (χ2v) is 0.250. The van der Waals surface area contributed by atoms with Crippen LogP contribution in [0, 0.1) is 0 Å². The van der Waals surface area contributed by atoms with Crippen LogP contribution in [0.1, 0.15) is 0 Å². The molecule has 0 aliphatic rings. The van der Waals surface area contributed by atoms with Crippen molar-refractivity contribution in [2.45, 2.75) is 0 Å². The van der Waals surface area contributed by atoms with Crippen molar-refractivity contribution in [3.8, 4) is 0 Å². The van der Waals surface area contributed by atoms with Crippen molar-refractivity contribution in [3.05, 3.63) is 0 Å². The molecule has 0 aromatic carbocycles. The maximum Gasteiger partial charge on any atom is 0 e. The third kappa shape index (κ3) is 39600. The van der Waals surface area contributed by atoms with Gasteiger partial charge in [0.25, 0.3) is 0 Å². The van der Waals surface area contributed by atoms with Gasteiger partial charge in [0.2, 0.25) is 0 Å². The molecule has 0 heterocycles. The summed E-state index contributed by atoms with van der Waals surface area (Å²) in [4.78, 5) is 8.33. The van der Waals surface area contributed by atoms with Gasteiger partial charge < -0.3 is 21.2 Å². The Hall–Kier alpha value is -0.0297. The second-order valence-electron chi connectivity index (χ2n) is 0.250. The van der Waals surface area contributed by atoms with Gasteiger partial charge in [0, 0.05) is 22.4 Å². The van der Waals surface area contributed by atoms with Crippen LogP contribution in [-0.2, 0) is 22.4 Å². The van der Waals surface area contributed by atoms with Gasteiger partial charge in [-0.25, -0.2) is 0 Å².